The van der Waals surface area contributed by atoms with Gasteiger partial charge in [-0.25, -0.2) is 0 Å². The van der Waals surface area contributed by atoms with Crippen molar-refractivity contribution in [3.63, 3.8) is 0 Å². The van der Waals surface area contributed by atoms with Gasteiger partial charge in [-0.3, -0.25) is 4.79 Å². The van der Waals surface area contributed by atoms with Crippen molar-refractivity contribution in [1.29, 1.82) is 0 Å². The summed E-state index contributed by atoms with van der Waals surface area (Å²) in [6, 6.07) is 0. The van der Waals surface area contributed by atoms with Crippen molar-refractivity contribution in [2.75, 3.05) is 0 Å². The van der Waals surface area contributed by atoms with Gasteiger partial charge in [0.05, 0.1) is 0 Å². The van der Waals surface area contributed by atoms with Gasteiger partial charge in [0.15, 0.2) is 0 Å². The number of Topliss-reactive ketones (excluding diaryl/α,β-unsaturated/α-hetero) is 1. The number of allylic oxidation sites excluding steroid dienone is 2. The smallest absolute Gasteiger partial charge is 0.141 e. The lowest BCUT2D eigenvalue weighted by atomic mass is 9.55. The molecule has 0 saturated heterocycles. The maximum absolute atomic E-state index is 11.6. The van der Waals surface area contributed by atoms with Crippen LogP contribution >= 0.6 is 0 Å². The van der Waals surface area contributed by atoms with E-state index >= 15 is 0 Å². The summed E-state index contributed by atoms with van der Waals surface area (Å²) in [5.74, 6) is 0.635. The van der Waals surface area contributed by atoms with E-state index in [-0.39, 0.29) is 16.7 Å². The summed E-state index contributed by atoms with van der Waals surface area (Å²) in [7, 11) is 0. The summed E-state index contributed by atoms with van der Waals surface area (Å²) in [5.41, 5.74) is 0.355. The molecule has 2 bridgehead atoms. The quantitative estimate of drug-likeness (QED) is 0.503. The van der Waals surface area contributed by atoms with Crippen LogP contribution in [0.1, 0.15) is 33.6 Å². The van der Waals surface area contributed by atoms with E-state index in [1.165, 1.54) is 0 Å². The molecule has 0 aromatic rings. The number of rotatable bonds is 0. The maximum Gasteiger partial charge on any atom is 0.141 e. The highest BCUT2D eigenvalue weighted by molar-refractivity contribution is 5.86. The number of ketones is 1. The van der Waals surface area contributed by atoms with Crippen LogP contribution in [-0.4, -0.2) is 5.78 Å². The van der Waals surface area contributed by atoms with Gasteiger partial charge in [0.1, 0.15) is 5.78 Å². The molecule has 3 aliphatic rings. The van der Waals surface area contributed by atoms with Gasteiger partial charge in [0.25, 0.3) is 0 Å². The molecule has 0 amide bonds. The standard InChI is InChI=1S/C11H16O/c1-10(2)7-11(3)5-4-8(10)9(12)6-11/h4-5,8H,6-7H2,1-3H3. The highest BCUT2D eigenvalue weighted by atomic mass is 16.1. The van der Waals surface area contributed by atoms with Crippen LogP contribution in [0.3, 0.4) is 0 Å². The van der Waals surface area contributed by atoms with E-state index in [1.807, 2.05) is 0 Å². The minimum absolute atomic E-state index is 0.162. The number of carbonyl (C=O) groups is 1. The Balaban J connectivity index is 2.45. The van der Waals surface area contributed by atoms with Gasteiger partial charge >= 0.3 is 0 Å². The Hall–Kier alpha value is -0.590. The molecule has 0 aliphatic heterocycles. The van der Waals surface area contributed by atoms with Crippen LogP contribution in [0.2, 0.25) is 0 Å². The van der Waals surface area contributed by atoms with E-state index in [2.05, 4.69) is 32.9 Å². The molecular weight excluding hydrogens is 148 g/mol. The molecule has 1 heteroatoms. The monoisotopic (exact) mass is 164 g/mol. The minimum atomic E-state index is 0.162. The Kier molecular flexibility index (Phi) is 1.35. The lowest BCUT2D eigenvalue weighted by Gasteiger charge is -2.48. The van der Waals surface area contributed by atoms with Gasteiger partial charge in [-0.1, -0.05) is 32.9 Å². The molecule has 1 saturated carbocycles. The average Bonchev–Trinajstić information content (AvgIpc) is 1.80. The van der Waals surface area contributed by atoms with Gasteiger partial charge in [0.2, 0.25) is 0 Å². The van der Waals surface area contributed by atoms with Gasteiger partial charge in [-0.2, -0.15) is 0 Å². The number of fused-ring (bicyclic) bond motifs is 2. The summed E-state index contributed by atoms with van der Waals surface area (Å²) in [4.78, 5) is 11.6. The molecule has 3 rings (SSSR count). The first kappa shape index (κ1) is 8.03. The molecule has 0 aromatic carbocycles. The zero-order chi connectivity index (χ0) is 8.98. The summed E-state index contributed by atoms with van der Waals surface area (Å²) < 4.78 is 0. The van der Waals surface area contributed by atoms with Gasteiger partial charge < -0.3 is 0 Å². The van der Waals surface area contributed by atoms with Crippen LogP contribution in [0.4, 0.5) is 0 Å². The average molecular weight is 164 g/mol. The van der Waals surface area contributed by atoms with Crippen LogP contribution < -0.4 is 0 Å². The SMILES string of the molecule is CC12C=CC(C(=O)C1)C(C)(C)C2. The molecule has 66 valence electrons. The van der Waals surface area contributed by atoms with Crippen LogP contribution in [0, 0.1) is 16.7 Å². The van der Waals surface area contributed by atoms with E-state index < -0.39 is 0 Å². The normalized spacial score (nSPS) is 43.6. The summed E-state index contributed by atoms with van der Waals surface area (Å²) in [5, 5.41) is 0. The van der Waals surface area contributed by atoms with Crippen LogP contribution in [0.5, 0.6) is 0 Å². The topological polar surface area (TPSA) is 17.1 Å². The predicted octanol–water partition coefficient (Wildman–Crippen LogP) is 2.57. The minimum Gasteiger partial charge on any atom is -0.299 e. The number of hydrogen-bond acceptors (Lipinski definition) is 1. The molecule has 12 heavy (non-hydrogen) atoms. The second-order valence-electron chi connectivity index (χ2n) is 5.30. The first-order chi connectivity index (χ1) is 5.43. The number of carbonyl (C=O) groups excluding carboxylic acids is 1. The fourth-order valence-electron chi connectivity index (χ4n) is 2.97. The molecule has 2 unspecified atom stereocenters. The van der Waals surface area contributed by atoms with Crippen LogP contribution in [0.25, 0.3) is 0 Å². The summed E-state index contributed by atoms with van der Waals surface area (Å²) >= 11 is 0. The molecule has 0 N–H and O–H groups in total. The van der Waals surface area contributed by atoms with Crippen molar-refractivity contribution >= 4 is 5.78 Å². The van der Waals surface area contributed by atoms with E-state index in [0.717, 1.165) is 12.8 Å². The molecule has 0 aromatic heterocycles. The van der Waals surface area contributed by atoms with E-state index in [1.54, 1.807) is 0 Å². The zero-order valence-electron chi connectivity index (χ0n) is 8.05. The van der Waals surface area contributed by atoms with Crippen molar-refractivity contribution < 1.29 is 4.79 Å². The fraction of sp³-hybridized carbons (Fsp3) is 0.727. The largest absolute Gasteiger partial charge is 0.299 e. The Morgan fingerprint density at radius 3 is 2.50 bits per heavy atom. The molecule has 0 spiro atoms. The molecule has 2 atom stereocenters. The fourth-order valence-corrected chi connectivity index (χ4v) is 2.97. The third-order valence-corrected chi connectivity index (χ3v) is 3.32. The van der Waals surface area contributed by atoms with Crippen molar-refractivity contribution in [3.8, 4) is 0 Å². The van der Waals surface area contributed by atoms with E-state index in [9.17, 15) is 4.79 Å². The van der Waals surface area contributed by atoms with Gasteiger partial charge in [-0.05, 0) is 17.3 Å². The summed E-state index contributed by atoms with van der Waals surface area (Å²) in [6.07, 6.45) is 6.28. The van der Waals surface area contributed by atoms with Crippen LogP contribution in [-0.2, 0) is 4.79 Å². The van der Waals surface area contributed by atoms with E-state index in [0.29, 0.717) is 5.78 Å². The first-order valence-corrected chi connectivity index (χ1v) is 4.65. The highest BCUT2D eigenvalue weighted by Crippen LogP contribution is 2.52. The molecular formula is C11H16O. The number of hydrogen-bond donors (Lipinski definition) is 0. The second kappa shape index (κ2) is 2.01. The highest BCUT2D eigenvalue weighted by Gasteiger charge is 2.48. The third-order valence-electron chi connectivity index (χ3n) is 3.32. The maximum atomic E-state index is 11.6. The lowest BCUT2D eigenvalue weighted by Crippen LogP contribution is -2.45. The Morgan fingerprint density at radius 2 is 2.08 bits per heavy atom. The van der Waals surface area contributed by atoms with Gasteiger partial charge in [-0.15, -0.1) is 0 Å². The third kappa shape index (κ3) is 0.954. The Morgan fingerprint density at radius 1 is 1.42 bits per heavy atom. The molecule has 1 nitrogen and oxygen atoms in total. The lowest BCUT2D eigenvalue weighted by molar-refractivity contribution is -0.132. The zero-order valence-corrected chi connectivity index (χ0v) is 8.05. The molecule has 1 fully saturated rings. The van der Waals surface area contributed by atoms with Crippen molar-refractivity contribution in [2.45, 2.75) is 33.6 Å². The molecule has 3 aliphatic carbocycles. The molecule has 0 radical (unpaired) electrons. The first-order valence-electron chi connectivity index (χ1n) is 4.65. The second-order valence-corrected chi connectivity index (χ2v) is 5.30. The Bertz CT molecular complexity index is 262. The van der Waals surface area contributed by atoms with Crippen molar-refractivity contribution in [3.05, 3.63) is 12.2 Å². The van der Waals surface area contributed by atoms with Crippen molar-refractivity contribution in [2.24, 2.45) is 16.7 Å². The Labute approximate surface area is 73.8 Å². The predicted molar refractivity (Wildman–Crippen MR) is 48.8 cm³/mol. The summed E-state index contributed by atoms with van der Waals surface area (Å²) in [6.45, 7) is 6.60. The van der Waals surface area contributed by atoms with Gasteiger partial charge in [0, 0.05) is 12.3 Å². The van der Waals surface area contributed by atoms with Crippen molar-refractivity contribution in [1.82, 2.24) is 0 Å². The van der Waals surface area contributed by atoms with E-state index in [4.69, 9.17) is 0 Å². The van der Waals surface area contributed by atoms with Crippen LogP contribution in [0.15, 0.2) is 12.2 Å². The molecule has 0 heterocycles.